The first-order valence-electron chi connectivity index (χ1n) is 13.5. The topological polar surface area (TPSA) is 182 Å². The van der Waals surface area contributed by atoms with E-state index in [2.05, 4.69) is 26.1 Å². The molecule has 0 spiro atoms. The lowest BCUT2D eigenvalue weighted by atomic mass is 10.1. The second kappa shape index (κ2) is 13.1. The second-order valence-corrected chi connectivity index (χ2v) is 13.1. The second-order valence-electron chi connectivity index (χ2n) is 9.98. The van der Waals surface area contributed by atoms with Gasteiger partial charge in [-0.15, -0.1) is 11.3 Å². The highest BCUT2D eigenvalue weighted by Crippen LogP contribution is 2.36. The van der Waals surface area contributed by atoms with Gasteiger partial charge in [-0.2, -0.15) is 9.40 Å². The Morgan fingerprint density at radius 2 is 1.74 bits per heavy atom. The Balaban J connectivity index is 0.000000407. The standard InChI is InChI=1S/C23H27N7O3S2.C4H4O4/c1-35(31,32)30-7-5-28(6-8-30)15-16-13-20-21(34-16)23(29-9-11-33-12-10-29)26-22(25-20)17-3-2-4-19-18(17)14-24-27-19;5-3(6)1-2-4(7)8/h2-4,13-14H,5-12,15H2,1H3,(H,24,27);1-2H,(H,5,6)(H,7,8)/b;2-1-. The molecule has 16 heteroatoms. The van der Waals surface area contributed by atoms with Gasteiger partial charge in [0, 0.05) is 73.8 Å². The Bertz CT molecular complexity index is 1740. The number of nitrogens with one attached hydrogen (secondary N) is 1. The molecule has 228 valence electrons. The molecule has 43 heavy (non-hydrogen) atoms. The summed E-state index contributed by atoms with van der Waals surface area (Å²) in [7, 11) is -3.13. The van der Waals surface area contributed by atoms with Gasteiger partial charge in [-0.3, -0.25) is 10.00 Å². The van der Waals surface area contributed by atoms with Crippen LogP contribution in [0.4, 0.5) is 5.82 Å². The smallest absolute Gasteiger partial charge is 0.328 e. The zero-order chi connectivity index (χ0) is 30.6. The van der Waals surface area contributed by atoms with Crippen LogP contribution in [0.3, 0.4) is 0 Å². The SMILES string of the molecule is CS(=O)(=O)N1CCN(Cc2cc3nc(-c4cccc5[nH]ncc45)nc(N4CCOCC4)c3s2)CC1.O=C(O)/C=C\C(=O)O. The number of carbonyl (C=O) groups is 2. The van der Waals surface area contributed by atoms with E-state index < -0.39 is 22.0 Å². The molecule has 0 amide bonds. The maximum atomic E-state index is 11.8. The fraction of sp³-hybridized carbons (Fsp3) is 0.370. The summed E-state index contributed by atoms with van der Waals surface area (Å²) < 4.78 is 31.9. The van der Waals surface area contributed by atoms with Crippen LogP contribution in [0, 0.1) is 0 Å². The number of morpholine rings is 1. The molecule has 1 aromatic carbocycles. The first-order valence-corrected chi connectivity index (χ1v) is 16.1. The Hall–Kier alpha value is -3.96. The van der Waals surface area contributed by atoms with Crippen LogP contribution >= 0.6 is 11.3 Å². The predicted molar refractivity (Wildman–Crippen MR) is 162 cm³/mol. The minimum absolute atomic E-state index is 0.529. The van der Waals surface area contributed by atoms with Crippen LogP contribution in [0.15, 0.2) is 42.6 Å². The quantitative estimate of drug-likeness (QED) is 0.253. The van der Waals surface area contributed by atoms with E-state index in [9.17, 15) is 18.0 Å². The fourth-order valence-electron chi connectivity index (χ4n) is 4.90. The van der Waals surface area contributed by atoms with Crippen LogP contribution in [0.5, 0.6) is 0 Å². The number of carboxylic acids is 2. The summed E-state index contributed by atoms with van der Waals surface area (Å²) in [6.07, 6.45) is 4.22. The highest BCUT2D eigenvalue weighted by molar-refractivity contribution is 7.88. The number of sulfonamides is 1. The number of aromatic amines is 1. The summed E-state index contributed by atoms with van der Waals surface area (Å²) in [5, 5.41) is 23.9. The van der Waals surface area contributed by atoms with Gasteiger partial charge in [0.15, 0.2) is 11.6 Å². The molecule has 0 unspecified atom stereocenters. The van der Waals surface area contributed by atoms with Crippen molar-refractivity contribution in [3.8, 4) is 11.4 Å². The third-order valence-electron chi connectivity index (χ3n) is 6.99. The number of carboxylic acid groups (broad SMARTS) is 2. The number of benzene rings is 1. The third-order valence-corrected chi connectivity index (χ3v) is 9.40. The summed E-state index contributed by atoms with van der Waals surface area (Å²) in [5.41, 5.74) is 2.85. The molecular weight excluding hydrogens is 598 g/mol. The molecule has 4 aromatic rings. The zero-order valence-corrected chi connectivity index (χ0v) is 25.0. The van der Waals surface area contributed by atoms with Crippen molar-refractivity contribution in [1.82, 2.24) is 29.4 Å². The maximum Gasteiger partial charge on any atom is 0.328 e. The average Bonchev–Trinajstić information content (AvgIpc) is 3.63. The molecule has 0 bridgehead atoms. The summed E-state index contributed by atoms with van der Waals surface area (Å²) in [5.74, 6) is -0.871. The van der Waals surface area contributed by atoms with Gasteiger partial charge in [0.2, 0.25) is 10.0 Å². The van der Waals surface area contributed by atoms with E-state index in [0.717, 1.165) is 65.2 Å². The van der Waals surface area contributed by atoms with Gasteiger partial charge in [0.05, 0.1) is 41.4 Å². The molecule has 2 fully saturated rings. The van der Waals surface area contributed by atoms with E-state index in [0.29, 0.717) is 44.3 Å². The van der Waals surface area contributed by atoms with Crippen molar-refractivity contribution in [2.75, 3.05) is 63.6 Å². The molecule has 5 heterocycles. The van der Waals surface area contributed by atoms with Crippen molar-refractivity contribution in [2.45, 2.75) is 6.54 Å². The number of hydrogen-bond acceptors (Lipinski definition) is 11. The molecule has 0 radical (unpaired) electrons. The molecule has 0 atom stereocenters. The van der Waals surface area contributed by atoms with Gasteiger partial charge in [-0.25, -0.2) is 28.0 Å². The van der Waals surface area contributed by atoms with Gasteiger partial charge in [-0.05, 0) is 12.1 Å². The van der Waals surface area contributed by atoms with Crippen LogP contribution in [0.1, 0.15) is 4.88 Å². The minimum Gasteiger partial charge on any atom is -0.478 e. The summed E-state index contributed by atoms with van der Waals surface area (Å²) in [4.78, 5) is 35.0. The Kier molecular flexibility index (Phi) is 9.31. The summed E-state index contributed by atoms with van der Waals surface area (Å²) in [6, 6.07) is 8.19. The van der Waals surface area contributed by atoms with Crippen molar-refractivity contribution >= 4 is 60.2 Å². The monoisotopic (exact) mass is 629 g/mol. The lowest BCUT2D eigenvalue weighted by Gasteiger charge is -2.32. The number of aliphatic carboxylic acids is 2. The normalized spacial score (nSPS) is 16.9. The third kappa shape index (κ3) is 7.52. The van der Waals surface area contributed by atoms with Crippen molar-refractivity contribution in [1.29, 1.82) is 0 Å². The van der Waals surface area contributed by atoms with Crippen molar-refractivity contribution < 1.29 is 33.0 Å². The molecular formula is C27H31N7O7S2. The summed E-state index contributed by atoms with van der Waals surface area (Å²) in [6.45, 7) is 6.22. The van der Waals surface area contributed by atoms with Gasteiger partial charge in [0.1, 0.15) is 0 Å². The van der Waals surface area contributed by atoms with Crippen molar-refractivity contribution in [3.63, 3.8) is 0 Å². The molecule has 2 aliphatic rings. The lowest BCUT2D eigenvalue weighted by Crippen LogP contribution is -2.47. The number of H-pyrrole nitrogens is 1. The molecule has 3 aromatic heterocycles. The number of hydrogen-bond donors (Lipinski definition) is 3. The largest absolute Gasteiger partial charge is 0.478 e. The van der Waals surface area contributed by atoms with Crippen LogP contribution in [0.25, 0.3) is 32.5 Å². The Labute approximate surface area is 251 Å². The number of aromatic nitrogens is 4. The minimum atomic E-state index is -3.13. The highest BCUT2D eigenvalue weighted by atomic mass is 32.2. The van der Waals surface area contributed by atoms with Crippen LogP contribution < -0.4 is 4.90 Å². The molecule has 3 N–H and O–H groups in total. The van der Waals surface area contributed by atoms with Gasteiger partial charge in [-0.1, -0.05) is 12.1 Å². The molecule has 2 saturated heterocycles. The van der Waals surface area contributed by atoms with E-state index in [1.165, 1.54) is 11.1 Å². The van der Waals surface area contributed by atoms with E-state index in [-0.39, 0.29) is 0 Å². The number of piperazine rings is 1. The lowest BCUT2D eigenvalue weighted by molar-refractivity contribution is -0.134. The number of nitrogens with zero attached hydrogens (tertiary/aromatic N) is 6. The van der Waals surface area contributed by atoms with Gasteiger partial charge in [0.25, 0.3) is 0 Å². The van der Waals surface area contributed by atoms with Gasteiger partial charge >= 0.3 is 11.9 Å². The first kappa shape index (κ1) is 30.5. The maximum absolute atomic E-state index is 11.8. The molecule has 2 aliphatic heterocycles. The predicted octanol–water partition coefficient (Wildman–Crippen LogP) is 1.86. The van der Waals surface area contributed by atoms with E-state index in [1.807, 2.05) is 24.4 Å². The molecule has 6 rings (SSSR count). The van der Waals surface area contributed by atoms with Crippen molar-refractivity contribution in [3.05, 3.63) is 47.5 Å². The van der Waals surface area contributed by atoms with Crippen LogP contribution in [0.2, 0.25) is 0 Å². The first-order chi connectivity index (χ1) is 20.6. The Morgan fingerprint density at radius 1 is 1.05 bits per heavy atom. The zero-order valence-electron chi connectivity index (χ0n) is 23.3. The van der Waals surface area contributed by atoms with E-state index in [4.69, 9.17) is 24.9 Å². The fourth-order valence-corrected chi connectivity index (χ4v) is 6.88. The molecule has 14 nitrogen and oxygen atoms in total. The average molecular weight is 630 g/mol. The number of thiophene rings is 1. The van der Waals surface area contributed by atoms with Gasteiger partial charge < -0.3 is 19.8 Å². The highest BCUT2D eigenvalue weighted by Gasteiger charge is 2.25. The number of anilines is 1. The van der Waals surface area contributed by atoms with E-state index in [1.54, 1.807) is 15.6 Å². The Morgan fingerprint density at radius 3 is 2.40 bits per heavy atom. The van der Waals surface area contributed by atoms with E-state index >= 15 is 0 Å². The van der Waals surface area contributed by atoms with Crippen LogP contribution in [-0.4, -0.2) is 119 Å². The summed E-state index contributed by atoms with van der Waals surface area (Å²) >= 11 is 1.73. The van der Waals surface area contributed by atoms with Crippen LogP contribution in [-0.2, 0) is 30.9 Å². The number of rotatable bonds is 7. The molecule has 0 saturated carbocycles. The van der Waals surface area contributed by atoms with Crippen molar-refractivity contribution in [2.24, 2.45) is 0 Å². The molecule has 0 aliphatic carbocycles. The number of ether oxygens (including phenoxy) is 1. The number of fused-ring (bicyclic) bond motifs is 2.